The Hall–Kier alpha value is -8.59. The van der Waals surface area contributed by atoms with Gasteiger partial charge >= 0.3 is 0 Å². The molecule has 0 amide bonds. The second-order valence-corrected chi connectivity index (χ2v) is 18.5. The molecule has 310 valence electrons. The standard InChI is InChI=1S/C65H40N2/c1-3-19-41(20-4-1)44-39-59(43-22-5-2-6-23-43)66-60(40-44)67-62-45-24-8-7-21-42(45)35-36-48(62)49-37-38-58-61(63(49)67)50-27-11-14-30-53(50)65(58)56-33-17-15-31-54(56)64(55-32-16-18-34-57(55)65)51-28-12-9-25-46(51)47-26-10-13-29-52(47)64/h1-40H. The predicted octanol–water partition coefficient (Wildman–Crippen LogP) is 15.7. The minimum Gasteiger partial charge on any atom is -0.292 e. The number of hydrogen-bond acceptors (Lipinski definition) is 1. The van der Waals surface area contributed by atoms with Crippen molar-refractivity contribution in [3.63, 3.8) is 0 Å². The smallest absolute Gasteiger partial charge is 0.138 e. The summed E-state index contributed by atoms with van der Waals surface area (Å²) in [5, 5.41) is 4.83. The zero-order valence-corrected chi connectivity index (χ0v) is 36.5. The monoisotopic (exact) mass is 848 g/mol. The fraction of sp³-hybridized carbons (Fsp3) is 0.0308. The molecule has 0 saturated heterocycles. The fourth-order valence-corrected chi connectivity index (χ4v) is 13.0. The van der Waals surface area contributed by atoms with E-state index in [1.54, 1.807) is 0 Å². The van der Waals surface area contributed by atoms with Crippen molar-refractivity contribution in [1.82, 2.24) is 9.55 Å². The molecule has 0 N–H and O–H groups in total. The maximum absolute atomic E-state index is 5.69. The highest BCUT2D eigenvalue weighted by molar-refractivity contribution is 6.22. The lowest BCUT2D eigenvalue weighted by molar-refractivity contribution is 0.633. The average molecular weight is 849 g/mol. The van der Waals surface area contributed by atoms with Crippen LogP contribution in [-0.4, -0.2) is 9.55 Å². The van der Waals surface area contributed by atoms with Gasteiger partial charge in [-0.1, -0.05) is 231 Å². The second-order valence-electron chi connectivity index (χ2n) is 18.5. The molecule has 2 spiro atoms. The predicted molar refractivity (Wildman–Crippen MR) is 275 cm³/mol. The topological polar surface area (TPSA) is 17.8 Å². The van der Waals surface area contributed by atoms with Gasteiger partial charge in [-0.05, 0) is 89.8 Å². The van der Waals surface area contributed by atoms with E-state index in [-0.39, 0.29) is 0 Å². The molecule has 0 saturated carbocycles. The van der Waals surface area contributed by atoms with E-state index >= 15 is 0 Å². The van der Waals surface area contributed by atoms with Crippen molar-refractivity contribution in [3.8, 4) is 50.5 Å². The van der Waals surface area contributed by atoms with E-state index in [1.807, 2.05) is 0 Å². The van der Waals surface area contributed by atoms with Crippen LogP contribution in [0.4, 0.5) is 0 Å². The zero-order valence-electron chi connectivity index (χ0n) is 36.5. The highest BCUT2D eigenvalue weighted by Gasteiger charge is 2.59. The molecule has 2 heterocycles. The van der Waals surface area contributed by atoms with Gasteiger partial charge in [-0.25, -0.2) is 4.98 Å². The van der Waals surface area contributed by atoms with Gasteiger partial charge in [0.25, 0.3) is 0 Å². The van der Waals surface area contributed by atoms with Gasteiger partial charge in [0.2, 0.25) is 0 Å². The molecule has 15 rings (SSSR count). The van der Waals surface area contributed by atoms with E-state index in [0.29, 0.717) is 0 Å². The maximum Gasteiger partial charge on any atom is 0.138 e. The van der Waals surface area contributed by atoms with Crippen LogP contribution in [0.5, 0.6) is 0 Å². The number of pyridine rings is 1. The van der Waals surface area contributed by atoms with Crippen LogP contribution < -0.4 is 0 Å². The molecule has 10 aromatic carbocycles. The maximum atomic E-state index is 5.69. The Kier molecular flexibility index (Phi) is 7.39. The van der Waals surface area contributed by atoms with E-state index in [1.165, 1.54) is 99.3 Å². The molecule has 0 unspecified atom stereocenters. The summed E-state index contributed by atoms with van der Waals surface area (Å²) >= 11 is 0. The van der Waals surface area contributed by atoms with Gasteiger partial charge in [0, 0.05) is 27.3 Å². The lowest BCUT2D eigenvalue weighted by atomic mass is 9.52. The molecule has 0 bridgehead atoms. The van der Waals surface area contributed by atoms with Crippen LogP contribution in [0, 0.1) is 0 Å². The van der Waals surface area contributed by atoms with Gasteiger partial charge in [0.15, 0.2) is 0 Å². The van der Waals surface area contributed by atoms with Crippen molar-refractivity contribution < 1.29 is 0 Å². The third-order valence-corrected chi connectivity index (χ3v) is 15.5. The molecule has 3 aliphatic rings. The summed E-state index contributed by atoms with van der Waals surface area (Å²) in [6.07, 6.45) is 0. The van der Waals surface area contributed by atoms with Crippen LogP contribution in [0.15, 0.2) is 243 Å². The molecule has 12 aromatic rings. The van der Waals surface area contributed by atoms with Crippen molar-refractivity contribution in [2.24, 2.45) is 0 Å². The van der Waals surface area contributed by atoms with Crippen molar-refractivity contribution in [3.05, 3.63) is 287 Å². The summed E-state index contributed by atoms with van der Waals surface area (Å²) in [4.78, 5) is 5.69. The first kappa shape index (κ1) is 36.7. The highest BCUT2D eigenvalue weighted by Crippen LogP contribution is 2.68. The number of aromatic nitrogens is 2. The van der Waals surface area contributed by atoms with Gasteiger partial charge < -0.3 is 0 Å². The van der Waals surface area contributed by atoms with E-state index < -0.39 is 10.8 Å². The summed E-state index contributed by atoms with van der Waals surface area (Å²) in [6, 6.07) is 90.6. The molecule has 0 fully saturated rings. The van der Waals surface area contributed by atoms with Crippen molar-refractivity contribution in [2.75, 3.05) is 0 Å². The molecular formula is C65H40N2. The largest absolute Gasteiger partial charge is 0.292 e. The Bertz CT molecular complexity index is 3890. The minimum atomic E-state index is -0.622. The number of fused-ring (bicyclic) bond motifs is 22. The Balaban J connectivity index is 1.12. The van der Waals surface area contributed by atoms with Gasteiger partial charge in [0.05, 0.1) is 27.6 Å². The highest BCUT2D eigenvalue weighted by atomic mass is 15.1. The average Bonchev–Trinajstić information content (AvgIpc) is 4.02. The SMILES string of the molecule is c1ccc(-c2cc(-c3ccccc3)nc(-n3c4c5c(ccc4c4ccc6ccccc6c43)C3(c4ccccc4-5)c4ccccc4C4(c5ccccc5-c5ccccc54)c4ccccc43)c2)cc1. The normalized spacial score (nSPS) is 14.2. The van der Waals surface area contributed by atoms with E-state index in [0.717, 1.165) is 28.2 Å². The lowest BCUT2D eigenvalue weighted by Crippen LogP contribution is -2.43. The summed E-state index contributed by atoms with van der Waals surface area (Å²) in [6.45, 7) is 0. The third kappa shape index (κ3) is 4.62. The van der Waals surface area contributed by atoms with Gasteiger partial charge in [0.1, 0.15) is 5.82 Å². The minimum absolute atomic E-state index is 0.503. The summed E-state index contributed by atoms with van der Waals surface area (Å²) in [5.74, 6) is 0.894. The molecule has 0 radical (unpaired) electrons. The van der Waals surface area contributed by atoms with Crippen molar-refractivity contribution >= 4 is 32.6 Å². The number of rotatable bonds is 3. The lowest BCUT2D eigenvalue weighted by Gasteiger charge is -2.48. The Morgan fingerprint density at radius 1 is 0.299 bits per heavy atom. The van der Waals surface area contributed by atoms with Gasteiger partial charge in [-0.15, -0.1) is 0 Å². The number of benzene rings is 10. The summed E-state index contributed by atoms with van der Waals surface area (Å²) in [7, 11) is 0. The Morgan fingerprint density at radius 2 is 0.761 bits per heavy atom. The summed E-state index contributed by atoms with van der Waals surface area (Å²) in [5.41, 5.74) is 21.3. The molecule has 0 aliphatic heterocycles. The zero-order chi connectivity index (χ0) is 43.8. The van der Waals surface area contributed by atoms with Gasteiger partial charge in [-0.3, -0.25) is 4.57 Å². The molecular weight excluding hydrogens is 809 g/mol. The van der Waals surface area contributed by atoms with Crippen LogP contribution in [0.2, 0.25) is 0 Å². The first-order chi connectivity index (χ1) is 33.3. The van der Waals surface area contributed by atoms with Crippen molar-refractivity contribution in [1.29, 1.82) is 0 Å². The van der Waals surface area contributed by atoms with E-state index in [2.05, 4.69) is 247 Å². The van der Waals surface area contributed by atoms with Crippen LogP contribution in [-0.2, 0) is 10.8 Å². The van der Waals surface area contributed by atoms with Crippen LogP contribution in [0.3, 0.4) is 0 Å². The Labute approximate surface area is 388 Å². The van der Waals surface area contributed by atoms with Gasteiger partial charge in [-0.2, -0.15) is 0 Å². The molecule has 2 heteroatoms. The second kappa shape index (κ2) is 13.5. The van der Waals surface area contributed by atoms with Crippen LogP contribution >= 0.6 is 0 Å². The first-order valence-corrected chi connectivity index (χ1v) is 23.4. The fourth-order valence-electron chi connectivity index (χ4n) is 13.0. The van der Waals surface area contributed by atoms with Crippen LogP contribution in [0.1, 0.15) is 44.5 Å². The first-order valence-electron chi connectivity index (χ1n) is 23.4. The quantitative estimate of drug-likeness (QED) is 0.173. The molecule has 2 aromatic heterocycles. The van der Waals surface area contributed by atoms with Crippen molar-refractivity contribution in [2.45, 2.75) is 10.8 Å². The summed E-state index contributed by atoms with van der Waals surface area (Å²) < 4.78 is 2.52. The number of nitrogens with zero attached hydrogens (tertiary/aromatic N) is 2. The third-order valence-electron chi connectivity index (χ3n) is 15.5. The molecule has 2 nitrogen and oxygen atoms in total. The molecule has 0 atom stereocenters. The van der Waals surface area contributed by atoms with E-state index in [4.69, 9.17) is 4.98 Å². The number of hydrogen-bond donors (Lipinski definition) is 0. The molecule has 67 heavy (non-hydrogen) atoms. The van der Waals surface area contributed by atoms with Crippen LogP contribution in [0.25, 0.3) is 83.0 Å². The molecule has 3 aliphatic carbocycles. The Morgan fingerprint density at radius 3 is 1.39 bits per heavy atom. The van der Waals surface area contributed by atoms with E-state index in [9.17, 15) is 0 Å².